The van der Waals surface area contributed by atoms with E-state index in [4.69, 9.17) is 9.98 Å². The molecule has 1 aliphatic carbocycles. The average Bonchev–Trinajstić information content (AvgIpc) is 2.91. The summed E-state index contributed by atoms with van der Waals surface area (Å²) in [6.45, 7) is 5.91. The van der Waals surface area contributed by atoms with Crippen molar-refractivity contribution in [3.05, 3.63) is 30.1 Å². The number of aromatic nitrogens is 2. The Kier molecular flexibility index (Phi) is 7.53. The number of para-hydroxylation sites is 2. The predicted octanol–water partition coefficient (Wildman–Crippen LogP) is 3.83. The number of fused-ring (bicyclic) bond motifs is 1. The number of benzene rings is 1. The SMILES string of the molecule is CCNC(=NCc1nc2ccccc2n1C)NC1CCC(C)CC1.I. The van der Waals surface area contributed by atoms with Gasteiger partial charge in [0.05, 0.1) is 11.0 Å². The van der Waals surface area contributed by atoms with Crippen molar-refractivity contribution in [3.63, 3.8) is 0 Å². The zero-order chi connectivity index (χ0) is 16.9. The summed E-state index contributed by atoms with van der Waals surface area (Å²) in [7, 11) is 2.06. The van der Waals surface area contributed by atoms with Crippen molar-refractivity contribution in [3.8, 4) is 0 Å². The van der Waals surface area contributed by atoms with Gasteiger partial charge in [-0.1, -0.05) is 19.1 Å². The van der Waals surface area contributed by atoms with Crippen LogP contribution in [-0.4, -0.2) is 28.1 Å². The van der Waals surface area contributed by atoms with Crippen LogP contribution < -0.4 is 10.6 Å². The van der Waals surface area contributed by atoms with Crippen molar-refractivity contribution in [2.75, 3.05) is 6.54 Å². The molecule has 5 nitrogen and oxygen atoms in total. The van der Waals surface area contributed by atoms with Gasteiger partial charge in [0.15, 0.2) is 5.96 Å². The minimum atomic E-state index is 0. The molecule has 0 spiro atoms. The standard InChI is InChI=1S/C19H29N5.HI/c1-4-20-19(22-15-11-9-14(2)10-12-15)21-13-18-23-16-7-5-6-8-17(16)24(18)3;/h5-8,14-15H,4,9-13H2,1-3H3,(H2,20,21,22);1H. The quantitative estimate of drug-likeness (QED) is 0.419. The van der Waals surface area contributed by atoms with Gasteiger partial charge >= 0.3 is 0 Å². The van der Waals surface area contributed by atoms with Gasteiger partial charge in [-0.05, 0) is 50.7 Å². The summed E-state index contributed by atoms with van der Waals surface area (Å²) in [5.74, 6) is 2.76. The zero-order valence-corrected chi connectivity index (χ0v) is 17.8. The summed E-state index contributed by atoms with van der Waals surface area (Å²) < 4.78 is 2.13. The van der Waals surface area contributed by atoms with Gasteiger partial charge in [0.1, 0.15) is 12.4 Å². The maximum atomic E-state index is 4.76. The highest BCUT2D eigenvalue weighted by molar-refractivity contribution is 14.0. The van der Waals surface area contributed by atoms with E-state index in [1.165, 1.54) is 25.7 Å². The highest BCUT2D eigenvalue weighted by atomic mass is 127. The van der Waals surface area contributed by atoms with Crippen molar-refractivity contribution in [1.82, 2.24) is 20.2 Å². The number of halogens is 1. The van der Waals surface area contributed by atoms with E-state index < -0.39 is 0 Å². The first-order valence-electron chi connectivity index (χ1n) is 9.12. The van der Waals surface area contributed by atoms with Crippen LogP contribution in [0.1, 0.15) is 45.4 Å². The van der Waals surface area contributed by atoms with Gasteiger partial charge in [-0.3, -0.25) is 0 Å². The summed E-state index contributed by atoms with van der Waals surface area (Å²) in [6.07, 6.45) is 5.08. The number of guanidine groups is 1. The Morgan fingerprint density at radius 2 is 1.96 bits per heavy atom. The Bertz CT molecular complexity index is 701. The number of aryl methyl sites for hydroxylation is 1. The molecule has 1 heterocycles. The lowest BCUT2D eigenvalue weighted by molar-refractivity contribution is 0.329. The second kappa shape index (κ2) is 9.40. The third kappa shape index (κ3) is 5.09. The van der Waals surface area contributed by atoms with E-state index in [2.05, 4.69) is 48.2 Å². The van der Waals surface area contributed by atoms with Crippen LogP contribution in [0.25, 0.3) is 11.0 Å². The van der Waals surface area contributed by atoms with E-state index in [1.807, 2.05) is 12.1 Å². The van der Waals surface area contributed by atoms with E-state index in [0.29, 0.717) is 12.6 Å². The number of aliphatic imine (C=N–C) groups is 1. The predicted molar refractivity (Wildman–Crippen MR) is 116 cm³/mol. The molecule has 0 aliphatic heterocycles. The lowest BCUT2D eigenvalue weighted by atomic mass is 9.87. The molecule has 1 saturated carbocycles. The van der Waals surface area contributed by atoms with Crippen molar-refractivity contribution in [2.24, 2.45) is 18.0 Å². The highest BCUT2D eigenvalue weighted by Gasteiger charge is 2.19. The fraction of sp³-hybridized carbons (Fsp3) is 0.579. The van der Waals surface area contributed by atoms with Crippen LogP contribution in [0.5, 0.6) is 0 Å². The summed E-state index contributed by atoms with van der Waals surface area (Å²) in [4.78, 5) is 9.47. The topological polar surface area (TPSA) is 54.2 Å². The maximum Gasteiger partial charge on any atom is 0.191 e. The van der Waals surface area contributed by atoms with Crippen LogP contribution in [-0.2, 0) is 13.6 Å². The first-order valence-corrected chi connectivity index (χ1v) is 9.12. The molecule has 1 fully saturated rings. The Morgan fingerprint density at radius 3 is 2.64 bits per heavy atom. The smallest absolute Gasteiger partial charge is 0.191 e. The molecule has 0 saturated heterocycles. The molecule has 1 aliphatic rings. The highest BCUT2D eigenvalue weighted by Crippen LogP contribution is 2.23. The largest absolute Gasteiger partial charge is 0.357 e. The van der Waals surface area contributed by atoms with E-state index in [0.717, 1.165) is 35.3 Å². The fourth-order valence-electron chi connectivity index (χ4n) is 3.40. The van der Waals surface area contributed by atoms with Crippen LogP contribution >= 0.6 is 24.0 Å². The number of nitrogens with zero attached hydrogens (tertiary/aromatic N) is 3. The molecule has 0 unspecified atom stereocenters. The number of hydrogen-bond acceptors (Lipinski definition) is 2. The molecule has 1 aromatic heterocycles. The van der Waals surface area contributed by atoms with Crippen LogP contribution in [0.15, 0.2) is 29.3 Å². The van der Waals surface area contributed by atoms with E-state index in [9.17, 15) is 0 Å². The second-order valence-electron chi connectivity index (χ2n) is 6.87. The van der Waals surface area contributed by atoms with Gasteiger partial charge < -0.3 is 15.2 Å². The molecular formula is C19H30IN5. The normalized spacial score (nSPS) is 21.0. The van der Waals surface area contributed by atoms with E-state index in [1.54, 1.807) is 0 Å². The molecule has 2 aromatic rings. The zero-order valence-electron chi connectivity index (χ0n) is 15.5. The monoisotopic (exact) mass is 455 g/mol. The Balaban J connectivity index is 0.00000225. The third-order valence-electron chi connectivity index (χ3n) is 4.96. The minimum absolute atomic E-state index is 0. The molecule has 1 aromatic carbocycles. The van der Waals surface area contributed by atoms with Crippen LogP contribution in [0, 0.1) is 5.92 Å². The number of imidazole rings is 1. The van der Waals surface area contributed by atoms with Crippen LogP contribution in [0.2, 0.25) is 0 Å². The van der Waals surface area contributed by atoms with Gasteiger partial charge in [-0.2, -0.15) is 0 Å². The molecule has 138 valence electrons. The first-order chi connectivity index (χ1) is 11.7. The molecule has 0 radical (unpaired) electrons. The lowest BCUT2D eigenvalue weighted by Gasteiger charge is -2.28. The van der Waals surface area contributed by atoms with E-state index >= 15 is 0 Å². The van der Waals surface area contributed by atoms with Crippen LogP contribution in [0.3, 0.4) is 0 Å². The van der Waals surface area contributed by atoms with Gasteiger partial charge in [0, 0.05) is 19.6 Å². The van der Waals surface area contributed by atoms with Gasteiger partial charge in [0.25, 0.3) is 0 Å². The average molecular weight is 455 g/mol. The summed E-state index contributed by atoms with van der Waals surface area (Å²) >= 11 is 0. The Labute approximate surface area is 167 Å². The number of rotatable bonds is 4. The van der Waals surface area contributed by atoms with Gasteiger partial charge in [-0.25, -0.2) is 9.98 Å². The van der Waals surface area contributed by atoms with Gasteiger partial charge in [0.2, 0.25) is 0 Å². The molecular weight excluding hydrogens is 425 g/mol. The Hall–Kier alpha value is -1.31. The van der Waals surface area contributed by atoms with Crippen LogP contribution in [0.4, 0.5) is 0 Å². The number of nitrogens with one attached hydrogen (secondary N) is 2. The number of hydrogen-bond donors (Lipinski definition) is 2. The summed E-state index contributed by atoms with van der Waals surface area (Å²) in [5, 5.41) is 6.97. The molecule has 2 N–H and O–H groups in total. The minimum Gasteiger partial charge on any atom is -0.357 e. The van der Waals surface area contributed by atoms with Crippen molar-refractivity contribution >= 4 is 41.0 Å². The second-order valence-corrected chi connectivity index (χ2v) is 6.87. The summed E-state index contributed by atoms with van der Waals surface area (Å²) in [6, 6.07) is 8.77. The molecule has 0 atom stereocenters. The molecule has 0 bridgehead atoms. The summed E-state index contributed by atoms with van der Waals surface area (Å²) in [5.41, 5.74) is 2.19. The fourth-order valence-corrected chi connectivity index (χ4v) is 3.40. The Morgan fingerprint density at radius 1 is 1.24 bits per heavy atom. The van der Waals surface area contributed by atoms with E-state index in [-0.39, 0.29) is 24.0 Å². The molecule has 0 amide bonds. The molecule has 6 heteroatoms. The van der Waals surface area contributed by atoms with Crippen molar-refractivity contribution in [1.29, 1.82) is 0 Å². The lowest BCUT2D eigenvalue weighted by Crippen LogP contribution is -2.44. The van der Waals surface area contributed by atoms with Crippen molar-refractivity contribution in [2.45, 2.75) is 52.1 Å². The first kappa shape index (κ1) is 20.0. The third-order valence-corrected chi connectivity index (χ3v) is 4.96. The molecule has 3 rings (SSSR count). The van der Waals surface area contributed by atoms with Crippen molar-refractivity contribution < 1.29 is 0 Å². The maximum absolute atomic E-state index is 4.76. The molecule has 25 heavy (non-hydrogen) atoms. The van der Waals surface area contributed by atoms with Gasteiger partial charge in [-0.15, -0.1) is 24.0 Å².